The molecule has 1 saturated carbocycles. The summed E-state index contributed by atoms with van der Waals surface area (Å²) in [5, 5.41) is 3.62. The van der Waals surface area contributed by atoms with Crippen molar-refractivity contribution in [3.8, 4) is 5.75 Å². The Morgan fingerprint density at radius 2 is 2.11 bits per heavy atom. The number of nitrogens with one attached hydrogen (secondary N) is 1. The first-order chi connectivity index (χ1) is 9.20. The molecule has 0 aromatic heterocycles. The maximum absolute atomic E-state index is 5.84. The predicted molar refractivity (Wildman–Crippen MR) is 77.7 cm³/mol. The Kier molecular flexibility index (Phi) is 5.23. The third kappa shape index (κ3) is 4.51. The number of methoxy groups -OCH3 is 1. The third-order valence-electron chi connectivity index (χ3n) is 3.53. The fourth-order valence-electron chi connectivity index (χ4n) is 2.13. The topological polar surface area (TPSA) is 30.5 Å². The number of aryl methyl sites for hydroxylation is 1. The maximum atomic E-state index is 5.84. The first kappa shape index (κ1) is 14.4. The lowest BCUT2D eigenvalue weighted by Crippen LogP contribution is -2.20. The Balaban J connectivity index is 1.93. The van der Waals surface area contributed by atoms with Crippen LogP contribution in [0.5, 0.6) is 5.75 Å². The summed E-state index contributed by atoms with van der Waals surface area (Å²) in [6.07, 6.45) is 3.56. The maximum Gasteiger partial charge on any atom is 0.122 e. The molecule has 106 valence electrons. The molecular formula is C16H25NO2. The van der Waals surface area contributed by atoms with E-state index < -0.39 is 0 Å². The second kappa shape index (κ2) is 6.92. The van der Waals surface area contributed by atoms with Crippen molar-refractivity contribution in [2.75, 3.05) is 20.3 Å². The van der Waals surface area contributed by atoms with E-state index >= 15 is 0 Å². The van der Waals surface area contributed by atoms with E-state index in [1.54, 1.807) is 7.11 Å². The van der Waals surface area contributed by atoms with Crippen LogP contribution < -0.4 is 10.1 Å². The van der Waals surface area contributed by atoms with E-state index in [4.69, 9.17) is 9.47 Å². The van der Waals surface area contributed by atoms with Crippen molar-refractivity contribution in [3.05, 3.63) is 29.3 Å². The number of hydrogen-bond donors (Lipinski definition) is 1. The van der Waals surface area contributed by atoms with Crippen LogP contribution in [0, 0.1) is 6.92 Å². The van der Waals surface area contributed by atoms with Gasteiger partial charge in [-0.25, -0.2) is 0 Å². The Bertz CT molecular complexity index is 402. The van der Waals surface area contributed by atoms with Gasteiger partial charge in [0.15, 0.2) is 0 Å². The van der Waals surface area contributed by atoms with Gasteiger partial charge in [-0.2, -0.15) is 0 Å². The fraction of sp³-hybridized carbons (Fsp3) is 0.625. The highest BCUT2D eigenvalue weighted by molar-refractivity contribution is 5.37. The zero-order valence-corrected chi connectivity index (χ0v) is 12.2. The van der Waals surface area contributed by atoms with Crippen LogP contribution in [0.4, 0.5) is 0 Å². The van der Waals surface area contributed by atoms with Crippen molar-refractivity contribution < 1.29 is 9.47 Å². The summed E-state index contributed by atoms with van der Waals surface area (Å²) in [6.45, 7) is 5.77. The van der Waals surface area contributed by atoms with Crippen molar-refractivity contribution >= 4 is 0 Å². The van der Waals surface area contributed by atoms with Crippen LogP contribution in [-0.4, -0.2) is 26.4 Å². The van der Waals surface area contributed by atoms with E-state index in [1.165, 1.54) is 24.0 Å². The van der Waals surface area contributed by atoms with Crippen LogP contribution in [0.2, 0.25) is 0 Å². The monoisotopic (exact) mass is 263 g/mol. The molecule has 0 radical (unpaired) electrons. The van der Waals surface area contributed by atoms with E-state index in [0.29, 0.717) is 12.6 Å². The van der Waals surface area contributed by atoms with Crippen molar-refractivity contribution in [1.29, 1.82) is 0 Å². The molecule has 1 aliphatic rings. The van der Waals surface area contributed by atoms with Gasteiger partial charge in [0.1, 0.15) is 5.75 Å². The van der Waals surface area contributed by atoms with E-state index in [1.807, 2.05) is 0 Å². The number of benzene rings is 1. The predicted octanol–water partition coefficient (Wildman–Crippen LogP) is 3.22. The highest BCUT2D eigenvalue weighted by atomic mass is 16.5. The summed E-state index contributed by atoms with van der Waals surface area (Å²) in [6, 6.07) is 7.63. The highest BCUT2D eigenvalue weighted by Gasteiger charge is 2.23. The Morgan fingerprint density at radius 3 is 2.79 bits per heavy atom. The van der Waals surface area contributed by atoms with Crippen molar-refractivity contribution in [2.24, 2.45) is 0 Å². The molecule has 0 amide bonds. The zero-order valence-electron chi connectivity index (χ0n) is 12.2. The zero-order chi connectivity index (χ0) is 13.7. The fourth-order valence-corrected chi connectivity index (χ4v) is 2.13. The molecule has 0 bridgehead atoms. The van der Waals surface area contributed by atoms with E-state index in [-0.39, 0.29) is 0 Å². The van der Waals surface area contributed by atoms with Crippen LogP contribution >= 0.6 is 0 Å². The van der Waals surface area contributed by atoms with Gasteiger partial charge in [-0.3, -0.25) is 0 Å². The molecule has 1 aromatic carbocycles. The first-order valence-corrected chi connectivity index (χ1v) is 7.19. The quantitative estimate of drug-likeness (QED) is 0.730. The molecule has 3 heteroatoms. The lowest BCUT2D eigenvalue weighted by atomic mass is 10.1. The van der Waals surface area contributed by atoms with Crippen molar-refractivity contribution in [1.82, 2.24) is 5.32 Å². The lowest BCUT2D eigenvalue weighted by molar-refractivity contribution is 0.172. The largest absolute Gasteiger partial charge is 0.493 e. The standard InChI is InChI=1S/C16H25NO2/c1-12-5-6-14(13(2)17-15-7-8-15)11-16(12)19-10-4-9-18-3/h5-6,11,13,15,17H,4,7-10H2,1-3H3. The van der Waals surface area contributed by atoms with Gasteiger partial charge in [0.2, 0.25) is 0 Å². The van der Waals surface area contributed by atoms with Gasteiger partial charge < -0.3 is 14.8 Å². The number of hydrogen-bond acceptors (Lipinski definition) is 3. The molecule has 1 aliphatic carbocycles. The highest BCUT2D eigenvalue weighted by Crippen LogP contribution is 2.27. The summed E-state index contributed by atoms with van der Waals surface area (Å²) in [4.78, 5) is 0. The Labute approximate surface area is 116 Å². The summed E-state index contributed by atoms with van der Waals surface area (Å²) < 4.78 is 10.9. The van der Waals surface area contributed by atoms with Crippen LogP contribution in [0.3, 0.4) is 0 Å². The average Bonchev–Trinajstić information content (AvgIpc) is 3.20. The molecule has 0 saturated heterocycles. The van der Waals surface area contributed by atoms with Gasteiger partial charge in [-0.05, 0) is 43.9 Å². The molecule has 2 rings (SSSR count). The lowest BCUT2D eigenvalue weighted by Gasteiger charge is -2.16. The van der Waals surface area contributed by atoms with Crippen molar-refractivity contribution in [2.45, 2.75) is 45.2 Å². The molecule has 0 spiro atoms. The first-order valence-electron chi connectivity index (χ1n) is 7.19. The Morgan fingerprint density at radius 1 is 1.32 bits per heavy atom. The summed E-state index contributed by atoms with van der Waals surface area (Å²) >= 11 is 0. The molecule has 0 heterocycles. The smallest absolute Gasteiger partial charge is 0.122 e. The van der Waals surface area contributed by atoms with Gasteiger partial charge >= 0.3 is 0 Å². The van der Waals surface area contributed by atoms with E-state index in [0.717, 1.165) is 24.8 Å². The second-order valence-corrected chi connectivity index (χ2v) is 5.38. The number of rotatable bonds is 8. The van der Waals surface area contributed by atoms with Gasteiger partial charge in [-0.1, -0.05) is 12.1 Å². The van der Waals surface area contributed by atoms with E-state index in [9.17, 15) is 0 Å². The van der Waals surface area contributed by atoms with Crippen molar-refractivity contribution in [3.63, 3.8) is 0 Å². The molecule has 1 aromatic rings. The minimum absolute atomic E-state index is 0.398. The molecule has 1 atom stereocenters. The minimum Gasteiger partial charge on any atom is -0.493 e. The minimum atomic E-state index is 0.398. The summed E-state index contributed by atoms with van der Waals surface area (Å²) in [7, 11) is 1.72. The van der Waals surface area contributed by atoms with Gasteiger partial charge in [0, 0.05) is 32.2 Å². The average molecular weight is 263 g/mol. The molecule has 1 N–H and O–H groups in total. The molecule has 1 unspecified atom stereocenters. The normalized spacial score (nSPS) is 16.4. The van der Waals surface area contributed by atoms with Crippen LogP contribution in [-0.2, 0) is 4.74 Å². The van der Waals surface area contributed by atoms with E-state index in [2.05, 4.69) is 37.4 Å². The molecule has 3 nitrogen and oxygen atoms in total. The SMILES string of the molecule is COCCCOc1cc(C(C)NC2CC2)ccc1C. The molecule has 1 fully saturated rings. The molecule has 19 heavy (non-hydrogen) atoms. The second-order valence-electron chi connectivity index (χ2n) is 5.38. The number of ether oxygens (including phenoxy) is 2. The summed E-state index contributed by atoms with van der Waals surface area (Å²) in [5.74, 6) is 0.998. The van der Waals surface area contributed by atoms with Gasteiger partial charge in [-0.15, -0.1) is 0 Å². The van der Waals surface area contributed by atoms with Gasteiger partial charge in [0.25, 0.3) is 0 Å². The van der Waals surface area contributed by atoms with Crippen LogP contribution in [0.15, 0.2) is 18.2 Å². The Hall–Kier alpha value is -1.06. The third-order valence-corrected chi connectivity index (χ3v) is 3.53. The van der Waals surface area contributed by atoms with Crippen LogP contribution in [0.25, 0.3) is 0 Å². The summed E-state index contributed by atoms with van der Waals surface area (Å²) in [5.41, 5.74) is 2.50. The van der Waals surface area contributed by atoms with Gasteiger partial charge in [0.05, 0.1) is 6.61 Å². The van der Waals surface area contributed by atoms with Crippen LogP contribution in [0.1, 0.15) is 43.4 Å². The molecule has 0 aliphatic heterocycles. The molecular weight excluding hydrogens is 238 g/mol.